The largest absolute Gasteiger partial charge is 0.212 e. The minimum atomic E-state index is -0.104. The van der Waals surface area contributed by atoms with Gasteiger partial charge in [0, 0.05) is 23.7 Å². The standard InChI is InChI=1S/C32H68B.C10H10N/c1-5-9-13-17-21-25-29-33(30-26-22-18-14-10-6-2,31-27-23-19-15-11-7-3)32-28-24-20-16-12-8-4;1-11-8-4-6-9-5-2-3-7-10(9)11/h5-32H2,1-4H3;2-8H,1H3/q-1;+1. The smallest absolute Gasteiger partial charge is 0.201 e. The van der Waals surface area contributed by atoms with Crippen molar-refractivity contribution in [2.75, 3.05) is 0 Å². The number of hydrogen-bond acceptors (Lipinski definition) is 0. The molecule has 0 amide bonds. The number of aryl methyl sites for hydroxylation is 1. The van der Waals surface area contributed by atoms with Crippen LogP contribution in [0.5, 0.6) is 0 Å². The van der Waals surface area contributed by atoms with Gasteiger partial charge in [-0.1, -0.05) is 194 Å². The molecule has 0 spiro atoms. The number of fused-ring (bicyclic) bond motifs is 1. The number of nitrogens with zero attached hydrogens (tertiary/aromatic N) is 1. The number of aromatic nitrogens is 1. The summed E-state index contributed by atoms with van der Waals surface area (Å²) in [4.78, 5) is 0. The second-order valence-electron chi connectivity index (χ2n) is 14.6. The number of para-hydroxylation sites is 1. The highest BCUT2D eigenvalue weighted by atomic mass is 14.9. The molecule has 2 aromatic rings. The molecule has 1 aromatic carbocycles. The van der Waals surface area contributed by atoms with Crippen molar-refractivity contribution >= 4 is 17.0 Å². The van der Waals surface area contributed by atoms with Gasteiger partial charge in [-0.2, -0.15) is 25.3 Å². The van der Waals surface area contributed by atoms with Gasteiger partial charge in [0.1, 0.15) is 7.05 Å². The monoisotopic (exact) mass is 608 g/mol. The molecule has 1 nitrogen and oxygen atoms in total. The Morgan fingerprint density at radius 3 is 1.09 bits per heavy atom. The topological polar surface area (TPSA) is 3.88 Å². The number of pyridine rings is 1. The zero-order valence-electron chi connectivity index (χ0n) is 30.9. The predicted molar refractivity (Wildman–Crippen MR) is 204 cm³/mol. The molecule has 0 N–H and O–H groups in total. The number of rotatable bonds is 28. The summed E-state index contributed by atoms with van der Waals surface area (Å²) in [5.41, 5.74) is 1.27. The Balaban J connectivity index is 0.000000720. The van der Waals surface area contributed by atoms with E-state index < -0.39 is 0 Å². The maximum absolute atomic E-state index is 2.34. The Morgan fingerprint density at radius 1 is 0.409 bits per heavy atom. The van der Waals surface area contributed by atoms with Crippen molar-refractivity contribution in [1.29, 1.82) is 0 Å². The van der Waals surface area contributed by atoms with Crippen molar-refractivity contribution in [2.24, 2.45) is 7.05 Å². The third-order valence-corrected chi connectivity index (χ3v) is 10.6. The average Bonchev–Trinajstić information content (AvgIpc) is 3.04. The summed E-state index contributed by atoms with van der Waals surface area (Å²) in [7, 11) is 2.06. The first-order valence-electron chi connectivity index (χ1n) is 20.2. The Morgan fingerprint density at radius 2 is 0.727 bits per heavy atom. The lowest BCUT2D eigenvalue weighted by Gasteiger charge is -2.41. The molecule has 1 aromatic heterocycles. The van der Waals surface area contributed by atoms with E-state index in [0.29, 0.717) is 0 Å². The van der Waals surface area contributed by atoms with Crippen LogP contribution in [0.25, 0.3) is 10.9 Å². The van der Waals surface area contributed by atoms with Crippen LogP contribution in [-0.4, -0.2) is 6.15 Å². The van der Waals surface area contributed by atoms with Crippen LogP contribution in [-0.2, 0) is 7.05 Å². The van der Waals surface area contributed by atoms with Crippen molar-refractivity contribution < 1.29 is 4.57 Å². The zero-order chi connectivity index (χ0) is 32.0. The lowest BCUT2D eigenvalue weighted by atomic mass is 9.17. The van der Waals surface area contributed by atoms with Gasteiger partial charge in [-0.05, 0) is 12.1 Å². The zero-order valence-corrected chi connectivity index (χ0v) is 30.9. The van der Waals surface area contributed by atoms with Crippen molar-refractivity contribution in [3.05, 3.63) is 42.6 Å². The molecule has 0 atom stereocenters. The molecule has 0 saturated carbocycles. The van der Waals surface area contributed by atoms with E-state index in [9.17, 15) is 0 Å². The van der Waals surface area contributed by atoms with Gasteiger partial charge in [-0.25, -0.2) is 4.57 Å². The molecule has 1 heterocycles. The van der Waals surface area contributed by atoms with Crippen LogP contribution in [0.4, 0.5) is 0 Å². The lowest BCUT2D eigenvalue weighted by molar-refractivity contribution is -0.644. The van der Waals surface area contributed by atoms with Crippen LogP contribution in [0.2, 0.25) is 25.3 Å². The van der Waals surface area contributed by atoms with Crippen molar-refractivity contribution in [3.8, 4) is 0 Å². The van der Waals surface area contributed by atoms with E-state index in [0.717, 1.165) is 0 Å². The van der Waals surface area contributed by atoms with Crippen LogP contribution >= 0.6 is 0 Å². The summed E-state index contributed by atoms with van der Waals surface area (Å²) in [5.74, 6) is 0. The van der Waals surface area contributed by atoms with Gasteiger partial charge in [0.2, 0.25) is 5.52 Å². The van der Waals surface area contributed by atoms with Crippen molar-refractivity contribution in [1.82, 2.24) is 0 Å². The molecule has 254 valence electrons. The van der Waals surface area contributed by atoms with E-state index in [1.54, 1.807) is 25.3 Å². The van der Waals surface area contributed by atoms with E-state index in [1.807, 2.05) is 0 Å². The average molecular weight is 608 g/mol. The third-order valence-electron chi connectivity index (χ3n) is 10.6. The summed E-state index contributed by atoms with van der Waals surface area (Å²) < 4.78 is 2.12. The molecule has 0 unspecified atom stereocenters. The fraction of sp³-hybridized carbons (Fsp3) is 0.786. The minimum absolute atomic E-state index is 0.104. The normalized spacial score (nSPS) is 11.6. The minimum Gasteiger partial charge on any atom is -0.201 e. The molecule has 2 rings (SSSR count). The number of hydrogen-bond donors (Lipinski definition) is 0. The first-order chi connectivity index (χ1) is 21.6. The SMILES string of the molecule is CCCCCCCC[B-](CCCCCCCC)(CCCCCCCC)CCCCCCCC.C[n+]1cccc2ccccc21. The molecular formula is C42H78BN. The summed E-state index contributed by atoms with van der Waals surface area (Å²) in [5, 5.41) is 1.29. The molecule has 0 saturated heterocycles. The van der Waals surface area contributed by atoms with Gasteiger partial charge in [-0.15, -0.1) is 0 Å². The fourth-order valence-electron chi connectivity index (χ4n) is 7.60. The highest BCUT2D eigenvalue weighted by Gasteiger charge is 2.23. The van der Waals surface area contributed by atoms with Gasteiger partial charge in [0.25, 0.3) is 0 Å². The summed E-state index contributed by atoms with van der Waals surface area (Å²) in [6, 6.07) is 12.5. The molecule has 0 aliphatic rings. The van der Waals surface area contributed by atoms with E-state index in [2.05, 4.69) is 81.9 Å². The Labute approximate surface area is 277 Å². The molecule has 0 aliphatic heterocycles. The van der Waals surface area contributed by atoms with Crippen LogP contribution in [0, 0.1) is 0 Å². The Bertz CT molecular complexity index is 802. The quantitative estimate of drug-likeness (QED) is 0.0515. The maximum atomic E-state index is 2.34. The molecule has 0 fully saturated rings. The van der Waals surface area contributed by atoms with Crippen molar-refractivity contribution in [2.45, 2.75) is 207 Å². The molecule has 0 bridgehead atoms. The van der Waals surface area contributed by atoms with Crippen LogP contribution in [0.3, 0.4) is 0 Å². The lowest BCUT2D eigenvalue weighted by Crippen LogP contribution is -2.34. The Kier molecular flexibility index (Phi) is 26.9. The maximum Gasteiger partial charge on any atom is 0.212 e. The predicted octanol–water partition coefficient (Wildman–Crippen LogP) is 14.5. The first kappa shape index (κ1) is 40.7. The van der Waals surface area contributed by atoms with Crippen LogP contribution < -0.4 is 4.57 Å². The second kappa shape index (κ2) is 29.1. The first-order valence-corrected chi connectivity index (χ1v) is 20.2. The van der Waals surface area contributed by atoms with E-state index in [-0.39, 0.29) is 6.15 Å². The summed E-state index contributed by atoms with van der Waals surface area (Å²) >= 11 is 0. The molecular weight excluding hydrogens is 529 g/mol. The molecule has 0 radical (unpaired) electrons. The molecule has 2 heteroatoms. The number of unbranched alkanes of at least 4 members (excludes halogenated alkanes) is 20. The second-order valence-corrected chi connectivity index (χ2v) is 14.6. The van der Waals surface area contributed by atoms with E-state index in [1.165, 1.54) is 165 Å². The van der Waals surface area contributed by atoms with Crippen LogP contribution in [0.1, 0.15) is 182 Å². The summed E-state index contributed by atoms with van der Waals surface area (Å²) in [6.45, 7) is 9.37. The highest BCUT2D eigenvalue weighted by molar-refractivity contribution is 6.79. The summed E-state index contributed by atoms with van der Waals surface area (Å²) in [6.07, 6.45) is 43.7. The molecule has 44 heavy (non-hydrogen) atoms. The van der Waals surface area contributed by atoms with E-state index in [4.69, 9.17) is 0 Å². The number of benzene rings is 1. The van der Waals surface area contributed by atoms with E-state index >= 15 is 0 Å². The van der Waals surface area contributed by atoms with Gasteiger partial charge >= 0.3 is 0 Å². The molecule has 0 aliphatic carbocycles. The van der Waals surface area contributed by atoms with Gasteiger partial charge in [0.05, 0.1) is 0 Å². The third kappa shape index (κ3) is 20.7. The fourth-order valence-corrected chi connectivity index (χ4v) is 7.60. The van der Waals surface area contributed by atoms with Gasteiger partial charge < -0.3 is 0 Å². The van der Waals surface area contributed by atoms with Crippen molar-refractivity contribution in [3.63, 3.8) is 0 Å². The van der Waals surface area contributed by atoms with Gasteiger partial charge in [-0.3, -0.25) is 0 Å². The Hall–Kier alpha value is -1.31. The van der Waals surface area contributed by atoms with Gasteiger partial charge in [0.15, 0.2) is 6.20 Å². The van der Waals surface area contributed by atoms with Crippen LogP contribution in [0.15, 0.2) is 42.6 Å². The highest BCUT2D eigenvalue weighted by Crippen LogP contribution is 2.35.